The zero-order chi connectivity index (χ0) is 13.7. The molecule has 0 fully saturated rings. The summed E-state index contributed by atoms with van der Waals surface area (Å²) >= 11 is 7.94. The predicted molar refractivity (Wildman–Crippen MR) is 83.9 cm³/mol. The maximum Gasteiger partial charge on any atom is 0.141 e. The van der Waals surface area contributed by atoms with Gasteiger partial charge in [0.1, 0.15) is 5.75 Å². The van der Waals surface area contributed by atoms with Gasteiger partial charge in [0.2, 0.25) is 0 Å². The molecule has 0 radical (unpaired) electrons. The smallest absolute Gasteiger partial charge is 0.141 e. The fourth-order valence-electron chi connectivity index (χ4n) is 1.77. The molecule has 0 aromatic heterocycles. The Bertz CT molecular complexity index is 560. The average molecular weight is 294 g/mol. The van der Waals surface area contributed by atoms with Gasteiger partial charge < -0.3 is 10.5 Å². The first-order valence-electron chi connectivity index (χ1n) is 5.94. The van der Waals surface area contributed by atoms with Crippen LogP contribution < -0.4 is 10.5 Å². The van der Waals surface area contributed by atoms with Gasteiger partial charge in [-0.3, -0.25) is 0 Å². The summed E-state index contributed by atoms with van der Waals surface area (Å²) in [6, 6.07) is 13.8. The lowest BCUT2D eigenvalue weighted by Gasteiger charge is -2.07. The molecule has 0 saturated carbocycles. The van der Waals surface area contributed by atoms with Gasteiger partial charge >= 0.3 is 0 Å². The minimum absolute atomic E-state index is 0.679. The van der Waals surface area contributed by atoms with E-state index in [1.54, 1.807) is 7.11 Å². The summed E-state index contributed by atoms with van der Waals surface area (Å²) in [6.45, 7) is 0. The van der Waals surface area contributed by atoms with Crippen molar-refractivity contribution in [3.8, 4) is 5.75 Å². The summed E-state index contributed by atoms with van der Waals surface area (Å²) in [5.41, 5.74) is 8.92. The number of hydrogen-bond donors (Lipinski definition) is 1. The molecule has 0 aliphatic carbocycles. The van der Waals surface area contributed by atoms with E-state index >= 15 is 0 Å². The first-order valence-corrected chi connectivity index (χ1v) is 7.47. The minimum atomic E-state index is 0.679. The van der Waals surface area contributed by atoms with Crippen LogP contribution in [-0.2, 0) is 11.5 Å². The van der Waals surface area contributed by atoms with Gasteiger partial charge in [-0.2, -0.15) is 11.8 Å². The molecule has 0 bridgehead atoms. The molecule has 2 rings (SSSR count). The Morgan fingerprint density at radius 3 is 2.63 bits per heavy atom. The maximum atomic E-state index is 6.12. The molecule has 2 N–H and O–H groups in total. The van der Waals surface area contributed by atoms with Crippen LogP contribution in [0.2, 0.25) is 5.02 Å². The lowest BCUT2D eigenvalue weighted by molar-refractivity contribution is 0.417. The fraction of sp³-hybridized carbons (Fsp3) is 0.200. The molecule has 0 atom stereocenters. The zero-order valence-corrected chi connectivity index (χ0v) is 12.3. The van der Waals surface area contributed by atoms with Gasteiger partial charge in [-0.15, -0.1) is 0 Å². The Kier molecular flexibility index (Phi) is 5.00. The van der Waals surface area contributed by atoms with Crippen molar-refractivity contribution in [3.63, 3.8) is 0 Å². The number of rotatable bonds is 5. The summed E-state index contributed by atoms with van der Waals surface area (Å²) < 4.78 is 5.14. The maximum absolute atomic E-state index is 6.12. The summed E-state index contributed by atoms with van der Waals surface area (Å²) in [4.78, 5) is 0. The van der Waals surface area contributed by atoms with Crippen molar-refractivity contribution in [1.82, 2.24) is 0 Å². The third-order valence-electron chi connectivity index (χ3n) is 2.78. The van der Waals surface area contributed by atoms with Crippen molar-refractivity contribution in [2.75, 3.05) is 12.8 Å². The predicted octanol–water partition coefficient (Wildman–Crippen LogP) is 4.36. The molecule has 0 spiro atoms. The molecule has 0 unspecified atom stereocenters. The highest BCUT2D eigenvalue weighted by atomic mass is 35.5. The molecule has 19 heavy (non-hydrogen) atoms. The van der Waals surface area contributed by atoms with Crippen molar-refractivity contribution in [2.45, 2.75) is 11.5 Å². The van der Waals surface area contributed by atoms with Crippen molar-refractivity contribution >= 4 is 29.1 Å². The fourth-order valence-corrected chi connectivity index (χ4v) is 3.04. The van der Waals surface area contributed by atoms with Crippen LogP contribution in [0, 0.1) is 0 Å². The van der Waals surface area contributed by atoms with E-state index in [0.717, 1.165) is 27.8 Å². The summed E-state index contributed by atoms with van der Waals surface area (Å²) in [5, 5.41) is 0.823. The Hall–Kier alpha value is -1.32. The highest BCUT2D eigenvalue weighted by Crippen LogP contribution is 2.27. The third-order valence-corrected chi connectivity index (χ3v) is 4.20. The van der Waals surface area contributed by atoms with Gasteiger partial charge in [-0.1, -0.05) is 35.9 Å². The largest absolute Gasteiger partial charge is 0.495 e. The number of nitrogen functional groups attached to an aromatic ring is 1. The monoisotopic (exact) mass is 293 g/mol. The van der Waals surface area contributed by atoms with Crippen molar-refractivity contribution in [1.29, 1.82) is 0 Å². The van der Waals surface area contributed by atoms with Crippen LogP contribution >= 0.6 is 23.4 Å². The second kappa shape index (κ2) is 6.73. The van der Waals surface area contributed by atoms with Crippen LogP contribution in [0.4, 0.5) is 5.69 Å². The Morgan fingerprint density at radius 1 is 1.16 bits per heavy atom. The number of anilines is 1. The number of nitrogens with two attached hydrogens (primary N) is 1. The van der Waals surface area contributed by atoms with E-state index in [1.807, 2.05) is 48.2 Å². The van der Waals surface area contributed by atoms with E-state index in [9.17, 15) is 0 Å². The Balaban J connectivity index is 1.93. The lowest BCUT2D eigenvalue weighted by Crippen LogP contribution is -1.93. The van der Waals surface area contributed by atoms with Gasteiger partial charge in [0.25, 0.3) is 0 Å². The number of benzene rings is 2. The van der Waals surface area contributed by atoms with Crippen LogP contribution in [0.3, 0.4) is 0 Å². The molecule has 2 nitrogen and oxygen atoms in total. The van der Waals surface area contributed by atoms with Crippen LogP contribution in [-0.4, -0.2) is 7.11 Å². The van der Waals surface area contributed by atoms with E-state index in [4.69, 9.17) is 22.1 Å². The van der Waals surface area contributed by atoms with Crippen molar-refractivity contribution < 1.29 is 4.74 Å². The van der Waals surface area contributed by atoms with E-state index in [2.05, 4.69) is 6.07 Å². The second-order valence-corrected chi connectivity index (χ2v) is 5.55. The number of thioether (sulfide) groups is 1. The third kappa shape index (κ3) is 3.82. The zero-order valence-electron chi connectivity index (χ0n) is 10.7. The van der Waals surface area contributed by atoms with Gasteiger partial charge in [0.15, 0.2) is 0 Å². The molecular formula is C15H16ClNOS. The highest BCUT2D eigenvalue weighted by Gasteiger charge is 2.02. The molecule has 4 heteroatoms. The van der Waals surface area contributed by atoms with Crippen LogP contribution in [0.1, 0.15) is 11.1 Å². The summed E-state index contributed by atoms with van der Waals surface area (Å²) in [7, 11) is 1.62. The van der Waals surface area contributed by atoms with E-state index < -0.39 is 0 Å². The average Bonchev–Trinajstić information content (AvgIpc) is 2.41. The molecule has 2 aromatic rings. The molecule has 0 heterocycles. The summed E-state index contributed by atoms with van der Waals surface area (Å²) in [5.74, 6) is 2.52. The number of methoxy groups -OCH3 is 1. The number of halogens is 1. The number of hydrogen-bond acceptors (Lipinski definition) is 3. The SMILES string of the molecule is COc1ccc(CSCc2ccccc2Cl)cc1N. The van der Waals surface area contributed by atoms with E-state index in [1.165, 1.54) is 5.56 Å². The Labute approximate surface area is 122 Å². The molecule has 2 aromatic carbocycles. The number of ether oxygens (including phenoxy) is 1. The van der Waals surface area contributed by atoms with Crippen LogP contribution in [0.15, 0.2) is 42.5 Å². The normalized spacial score (nSPS) is 10.4. The molecule has 0 saturated heterocycles. The van der Waals surface area contributed by atoms with Crippen LogP contribution in [0.25, 0.3) is 0 Å². The van der Waals surface area contributed by atoms with Crippen molar-refractivity contribution in [2.24, 2.45) is 0 Å². The topological polar surface area (TPSA) is 35.2 Å². The van der Waals surface area contributed by atoms with Gasteiger partial charge in [-0.05, 0) is 29.3 Å². The summed E-state index contributed by atoms with van der Waals surface area (Å²) in [6.07, 6.45) is 0. The molecular weight excluding hydrogens is 278 g/mol. The molecule has 0 amide bonds. The standard InChI is InChI=1S/C15H16ClNOS/c1-18-15-7-6-11(8-14(15)17)9-19-10-12-4-2-3-5-13(12)16/h2-8H,9-10,17H2,1H3. The molecule has 100 valence electrons. The van der Waals surface area contributed by atoms with E-state index in [0.29, 0.717) is 5.69 Å². The highest BCUT2D eigenvalue weighted by molar-refractivity contribution is 7.97. The Morgan fingerprint density at radius 2 is 1.95 bits per heavy atom. The quantitative estimate of drug-likeness (QED) is 0.832. The minimum Gasteiger partial charge on any atom is -0.495 e. The van der Waals surface area contributed by atoms with Gasteiger partial charge in [0.05, 0.1) is 12.8 Å². The van der Waals surface area contributed by atoms with Gasteiger partial charge in [-0.25, -0.2) is 0 Å². The first-order chi connectivity index (χ1) is 9.20. The van der Waals surface area contributed by atoms with Gasteiger partial charge in [0, 0.05) is 16.5 Å². The molecule has 0 aliphatic rings. The molecule has 0 aliphatic heterocycles. The van der Waals surface area contributed by atoms with Crippen LogP contribution in [0.5, 0.6) is 5.75 Å². The van der Waals surface area contributed by atoms with E-state index in [-0.39, 0.29) is 0 Å². The van der Waals surface area contributed by atoms with Crippen molar-refractivity contribution in [3.05, 3.63) is 58.6 Å². The lowest BCUT2D eigenvalue weighted by atomic mass is 10.2. The second-order valence-electron chi connectivity index (χ2n) is 4.16. The first kappa shape index (κ1) is 14.1.